The summed E-state index contributed by atoms with van der Waals surface area (Å²) in [6.45, 7) is 1.13. The molecule has 1 heterocycles. The molecular weight excluding hydrogens is 420 g/mol. The van der Waals surface area contributed by atoms with E-state index < -0.39 is 11.8 Å². The fourth-order valence-electron chi connectivity index (χ4n) is 2.96. The number of carbonyl (C=O) groups excluding carboxylic acids is 2. The third kappa shape index (κ3) is 5.07. The SMILES string of the molecule is O=C(NNC(=O)c1cccc2c1OCCO2)c1ccc(COc2ccc(Cl)cc2)cc1. The van der Waals surface area contributed by atoms with Gasteiger partial charge in [0.05, 0.1) is 5.56 Å². The summed E-state index contributed by atoms with van der Waals surface area (Å²) in [5, 5.41) is 0.641. The van der Waals surface area contributed by atoms with Crippen molar-refractivity contribution in [2.45, 2.75) is 6.61 Å². The smallest absolute Gasteiger partial charge is 0.273 e. The van der Waals surface area contributed by atoms with Crippen molar-refractivity contribution in [3.8, 4) is 17.2 Å². The molecule has 2 amide bonds. The van der Waals surface area contributed by atoms with Gasteiger partial charge in [-0.2, -0.15) is 0 Å². The monoisotopic (exact) mass is 438 g/mol. The lowest BCUT2D eigenvalue weighted by Gasteiger charge is -2.20. The van der Waals surface area contributed by atoms with E-state index in [1.165, 1.54) is 0 Å². The van der Waals surface area contributed by atoms with Crippen LogP contribution in [0.2, 0.25) is 5.02 Å². The zero-order valence-electron chi connectivity index (χ0n) is 16.4. The van der Waals surface area contributed by atoms with Gasteiger partial charge >= 0.3 is 0 Å². The number of fused-ring (bicyclic) bond motifs is 1. The van der Waals surface area contributed by atoms with Crippen LogP contribution in [-0.2, 0) is 6.61 Å². The predicted octanol–water partition coefficient (Wildman–Crippen LogP) is 3.77. The number of ether oxygens (including phenoxy) is 3. The zero-order valence-corrected chi connectivity index (χ0v) is 17.1. The second-order valence-electron chi connectivity index (χ2n) is 6.68. The predicted molar refractivity (Wildman–Crippen MR) is 115 cm³/mol. The van der Waals surface area contributed by atoms with E-state index in [1.807, 2.05) is 0 Å². The number of rotatable bonds is 5. The van der Waals surface area contributed by atoms with E-state index in [-0.39, 0.29) is 5.56 Å². The summed E-state index contributed by atoms with van der Waals surface area (Å²) >= 11 is 5.86. The third-order valence-electron chi connectivity index (χ3n) is 4.54. The van der Waals surface area contributed by atoms with E-state index in [0.29, 0.717) is 47.7 Å². The normalized spacial score (nSPS) is 12.0. The number of hydrogen-bond acceptors (Lipinski definition) is 5. The van der Waals surface area contributed by atoms with Crippen molar-refractivity contribution in [1.82, 2.24) is 10.9 Å². The highest BCUT2D eigenvalue weighted by atomic mass is 35.5. The van der Waals surface area contributed by atoms with Crippen molar-refractivity contribution in [1.29, 1.82) is 0 Å². The molecule has 2 N–H and O–H groups in total. The van der Waals surface area contributed by atoms with Gasteiger partial charge in [0.1, 0.15) is 25.6 Å². The Hall–Kier alpha value is -3.71. The van der Waals surface area contributed by atoms with Crippen molar-refractivity contribution in [3.05, 3.63) is 88.4 Å². The number of hydrazine groups is 1. The number of halogens is 1. The fourth-order valence-corrected chi connectivity index (χ4v) is 3.08. The summed E-state index contributed by atoms with van der Waals surface area (Å²) in [4.78, 5) is 24.8. The molecule has 3 aromatic rings. The van der Waals surface area contributed by atoms with E-state index in [4.69, 9.17) is 25.8 Å². The van der Waals surface area contributed by atoms with Crippen LogP contribution in [0.5, 0.6) is 17.2 Å². The summed E-state index contributed by atoms with van der Waals surface area (Å²) in [6, 6.07) is 19.0. The molecule has 0 spiro atoms. The number of para-hydroxylation sites is 1. The van der Waals surface area contributed by atoms with Crippen LogP contribution >= 0.6 is 11.6 Å². The Morgan fingerprint density at radius 3 is 2.35 bits per heavy atom. The first kappa shape index (κ1) is 20.6. The second kappa shape index (κ2) is 9.40. The van der Waals surface area contributed by atoms with Gasteiger partial charge in [0.25, 0.3) is 11.8 Å². The first-order valence-electron chi connectivity index (χ1n) is 9.57. The minimum atomic E-state index is -0.497. The number of carbonyl (C=O) groups is 2. The Kier molecular flexibility index (Phi) is 6.24. The lowest BCUT2D eigenvalue weighted by molar-refractivity contribution is 0.0841. The van der Waals surface area contributed by atoms with Gasteiger partial charge < -0.3 is 14.2 Å². The molecule has 8 heteroatoms. The Morgan fingerprint density at radius 1 is 0.871 bits per heavy atom. The van der Waals surface area contributed by atoms with Crippen molar-refractivity contribution in [3.63, 3.8) is 0 Å². The van der Waals surface area contributed by atoms with Crippen LogP contribution in [0.25, 0.3) is 0 Å². The van der Waals surface area contributed by atoms with Crippen molar-refractivity contribution in [2.24, 2.45) is 0 Å². The van der Waals surface area contributed by atoms with Crippen LogP contribution in [0.15, 0.2) is 66.7 Å². The molecule has 1 aliphatic rings. The van der Waals surface area contributed by atoms with Crippen molar-refractivity contribution < 1.29 is 23.8 Å². The fraction of sp³-hybridized carbons (Fsp3) is 0.130. The summed E-state index contributed by atoms with van der Waals surface area (Å²) in [7, 11) is 0. The average molecular weight is 439 g/mol. The van der Waals surface area contributed by atoms with E-state index in [2.05, 4.69) is 10.9 Å². The van der Waals surface area contributed by atoms with Gasteiger partial charge in [0.2, 0.25) is 0 Å². The highest BCUT2D eigenvalue weighted by Gasteiger charge is 2.20. The minimum absolute atomic E-state index is 0.284. The number of benzene rings is 3. The molecule has 0 radical (unpaired) electrons. The molecule has 0 aromatic heterocycles. The largest absolute Gasteiger partial charge is 0.489 e. The van der Waals surface area contributed by atoms with E-state index in [0.717, 1.165) is 5.56 Å². The van der Waals surface area contributed by atoms with Crippen molar-refractivity contribution in [2.75, 3.05) is 13.2 Å². The molecule has 7 nitrogen and oxygen atoms in total. The standard InChI is InChI=1S/C23H19ClN2O5/c24-17-8-10-18(11-9-17)31-14-15-4-6-16(7-5-15)22(27)25-26-23(28)19-2-1-3-20-21(19)30-13-12-29-20/h1-11H,12-14H2,(H,25,27)(H,26,28). The van der Waals surface area contributed by atoms with Gasteiger partial charge in [0.15, 0.2) is 11.5 Å². The van der Waals surface area contributed by atoms with Crippen LogP contribution < -0.4 is 25.1 Å². The first-order chi connectivity index (χ1) is 15.1. The highest BCUT2D eigenvalue weighted by Crippen LogP contribution is 2.33. The average Bonchev–Trinajstić information content (AvgIpc) is 2.82. The van der Waals surface area contributed by atoms with Gasteiger partial charge in [-0.25, -0.2) is 0 Å². The lowest BCUT2D eigenvalue weighted by Crippen LogP contribution is -2.41. The number of hydrogen-bond donors (Lipinski definition) is 2. The highest BCUT2D eigenvalue weighted by molar-refractivity contribution is 6.30. The maximum atomic E-state index is 12.5. The van der Waals surface area contributed by atoms with Crippen LogP contribution in [0.4, 0.5) is 0 Å². The molecule has 0 fully saturated rings. The van der Waals surface area contributed by atoms with E-state index in [1.54, 1.807) is 66.7 Å². The van der Waals surface area contributed by atoms with Crippen molar-refractivity contribution >= 4 is 23.4 Å². The number of nitrogens with one attached hydrogen (secondary N) is 2. The van der Waals surface area contributed by atoms with Crippen LogP contribution in [0.1, 0.15) is 26.3 Å². The molecule has 0 saturated carbocycles. The first-order valence-corrected chi connectivity index (χ1v) is 9.94. The molecule has 0 atom stereocenters. The topological polar surface area (TPSA) is 85.9 Å². The molecule has 0 aliphatic carbocycles. The Balaban J connectivity index is 1.31. The van der Waals surface area contributed by atoms with Gasteiger partial charge in [0, 0.05) is 10.6 Å². The molecule has 0 bridgehead atoms. The molecule has 4 rings (SSSR count). The summed E-state index contributed by atoms with van der Waals surface area (Å²) in [5.74, 6) is 0.628. The Morgan fingerprint density at radius 2 is 1.58 bits per heavy atom. The number of amides is 2. The van der Waals surface area contributed by atoms with Gasteiger partial charge in [-0.05, 0) is 54.1 Å². The molecule has 0 unspecified atom stereocenters. The minimum Gasteiger partial charge on any atom is -0.489 e. The van der Waals surface area contributed by atoms with Crippen LogP contribution in [-0.4, -0.2) is 25.0 Å². The van der Waals surface area contributed by atoms with Gasteiger partial charge in [-0.1, -0.05) is 29.8 Å². The third-order valence-corrected chi connectivity index (χ3v) is 4.79. The molecule has 0 saturated heterocycles. The Bertz CT molecular complexity index is 1080. The van der Waals surface area contributed by atoms with Gasteiger partial charge in [-0.3, -0.25) is 20.4 Å². The lowest BCUT2D eigenvalue weighted by atomic mass is 10.1. The van der Waals surface area contributed by atoms with Crippen LogP contribution in [0, 0.1) is 0 Å². The maximum absolute atomic E-state index is 12.5. The Labute approximate surface area is 183 Å². The zero-order chi connectivity index (χ0) is 21.6. The van der Waals surface area contributed by atoms with Crippen LogP contribution in [0.3, 0.4) is 0 Å². The molecular formula is C23H19ClN2O5. The summed E-state index contributed by atoms with van der Waals surface area (Å²) in [5.41, 5.74) is 6.38. The molecule has 31 heavy (non-hydrogen) atoms. The van der Waals surface area contributed by atoms with E-state index in [9.17, 15) is 9.59 Å². The van der Waals surface area contributed by atoms with Gasteiger partial charge in [-0.15, -0.1) is 0 Å². The summed E-state index contributed by atoms with van der Waals surface area (Å²) in [6.07, 6.45) is 0. The molecule has 158 valence electrons. The van der Waals surface area contributed by atoms with E-state index >= 15 is 0 Å². The quantitative estimate of drug-likeness (QED) is 0.592. The maximum Gasteiger partial charge on any atom is 0.273 e. The second-order valence-corrected chi connectivity index (χ2v) is 7.11. The molecule has 1 aliphatic heterocycles. The molecule has 3 aromatic carbocycles. The summed E-state index contributed by atoms with van der Waals surface area (Å²) < 4.78 is 16.7.